The van der Waals surface area contributed by atoms with Gasteiger partial charge in [0, 0.05) is 31.0 Å². The molecule has 3 aromatic rings. The van der Waals surface area contributed by atoms with Gasteiger partial charge in [-0.15, -0.1) is 10.2 Å². The SMILES string of the molecule is c1cc(NCc2ccccc2N2CCOCC2)cc(-n2cnnc2)c1. The number of rotatable bonds is 5. The van der Waals surface area contributed by atoms with Crippen molar-refractivity contribution in [3.8, 4) is 5.69 Å². The summed E-state index contributed by atoms with van der Waals surface area (Å²) in [6, 6.07) is 16.8. The van der Waals surface area contributed by atoms with Crippen molar-refractivity contribution in [3.05, 3.63) is 66.7 Å². The molecule has 6 heteroatoms. The Labute approximate surface area is 147 Å². The molecule has 0 spiro atoms. The van der Waals surface area contributed by atoms with Crippen molar-refractivity contribution in [2.45, 2.75) is 6.54 Å². The van der Waals surface area contributed by atoms with Gasteiger partial charge in [-0.2, -0.15) is 0 Å². The summed E-state index contributed by atoms with van der Waals surface area (Å²) in [6.45, 7) is 4.25. The molecule has 2 heterocycles. The van der Waals surface area contributed by atoms with Gasteiger partial charge in [0.15, 0.2) is 0 Å². The highest BCUT2D eigenvalue weighted by Crippen LogP contribution is 2.23. The Morgan fingerprint density at radius 2 is 1.76 bits per heavy atom. The zero-order chi connectivity index (χ0) is 16.9. The van der Waals surface area contributed by atoms with Gasteiger partial charge < -0.3 is 15.0 Å². The predicted molar refractivity (Wildman–Crippen MR) is 98.2 cm³/mol. The minimum Gasteiger partial charge on any atom is -0.381 e. The first-order valence-electron chi connectivity index (χ1n) is 8.50. The number of morpholine rings is 1. The van der Waals surface area contributed by atoms with Gasteiger partial charge in [0.05, 0.1) is 18.9 Å². The molecular formula is C19H21N5O. The third-order valence-electron chi connectivity index (χ3n) is 4.39. The van der Waals surface area contributed by atoms with Crippen molar-refractivity contribution in [2.24, 2.45) is 0 Å². The van der Waals surface area contributed by atoms with Crippen molar-refractivity contribution in [1.29, 1.82) is 0 Å². The molecule has 0 saturated carbocycles. The van der Waals surface area contributed by atoms with E-state index in [1.807, 2.05) is 16.7 Å². The summed E-state index contributed by atoms with van der Waals surface area (Å²) in [4.78, 5) is 2.40. The van der Waals surface area contributed by atoms with E-state index in [1.165, 1.54) is 11.3 Å². The van der Waals surface area contributed by atoms with Crippen LogP contribution in [0.2, 0.25) is 0 Å². The number of hydrogen-bond acceptors (Lipinski definition) is 5. The summed E-state index contributed by atoms with van der Waals surface area (Å²) < 4.78 is 7.36. The maximum atomic E-state index is 5.47. The van der Waals surface area contributed by atoms with E-state index in [0.717, 1.165) is 44.2 Å². The lowest BCUT2D eigenvalue weighted by molar-refractivity contribution is 0.122. The van der Waals surface area contributed by atoms with Crippen molar-refractivity contribution in [3.63, 3.8) is 0 Å². The monoisotopic (exact) mass is 335 g/mol. The van der Waals surface area contributed by atoms with Crippen molar-refractivity contribution >= 4 is 11.4 Å². The van der Waals surface area contributed by atoms with Gasteiger partial charge >= 0.3 is 0 Å². The fourth-order valence-electron chi connectivity index (χ4n) is 3.08. The molecule has 0 atom stereocenters. The van der Waals surface area contributed by atoms with Crippen LogP contribution >= 0.6 is 0 Å². The number of nitrogens with zero attached hydrogens (tertiary/aromatic N) is 4. The maximum absolute atomic E-state index is 5.47. The average Bonchev–Trinajstić information content (AvgIpc) is 3.22. The van der Waals surface area contributed by atoms with Crippen LogP contribution < -0.4 is 10.2 Å². The van der Waals surface area contributed by atoms with Crippen molar-refractivity contribution in [1.82, 2.24) is 14.8 Å². The summed E-state index contributed by atoms with van der Waals surface area (Å²) in [5.41, 5.74) is 4.69. The van der Waals surface area contributed by atoms with Crippen LogP contribution in [0.25, 0.3) is 5.69 Å². The fourth-order valence-corrected chi connectivity index (χ4v) is 3.08. The Morgan fingerprint density at radius 3 is 2.60 bits per heavy atom. The molecule has 1 saturated heterocycles. The van der Waals surface area contributed by atoms with Crippen molar-refractivity contribution in [2.75, 3.05) is 36.5 Å². The first-order chi connectivity index (χ1) is 12.4. The molecule has 25 heavy (non-hydrogen) atoms. The van der Waals surface area contributed by atoms with Gasteiger partial charge in [-0.05, 0) is 29.8 Å². The van der Waals surface area contributed by atoms with Gasteiger partial charge in [0.1, 0.15) is 12.7 Å². The smallest absolute Gasteiger partial charge is 0.123 e. The minimum atomic E-state index is 0.777. The molecule has 0 bridgehead atoms. The molecule has 128 valence electrons. The summed E-state index contributed by atoms with van der Waals surface area (Å²) in [5, 5.41) is 11.3. The van der Waals surface area contributed by atoms with Crippen LogP contribution in [-0.2, 0) is 11.3 Å². The summed E-state index contributed by atoms with van der Waals surface area (Å²) >= 11 is 0. The Bertz CT molecular complexity index is 812. The van der Waals surface area contributed by atoms with Gasteiger partial charge in [0.25, 0.3) is 0 Å². The maximum Gasteiger partial charge on any atom is 0.123 e. The molecule has 0 unspecified atom stereocenters. The molecule has 1 aliphatic heterocycles. The second-order valence-electron chi connectivity index (χ2n) is 6.00. The standard InChI is InChI=1S/C19H21N5O/c1-2-7-19(23-8-10-25-11-9-23)16(4-1)13-20-17-5-3-6-18(12-17)24-14-21-22-15-24/h1-7,12,14-15,20H,8-11,13H2. The molecule has 0 radical (unpaired) electrons. The number of hydrogen-bond donors (Lipinski definition) is 1. The van der Waals surface area contributed by atoms with E-state index >= 15 is 0 Å². The van der Waals surface area contributed by atoms with E-state index in [0.29, 0.717) is 0 Å². The number of anilines is 2. The second kappa shape index (κ2) is 7.36. The van der Waals surface area contributed by atoms with Crippen LogP contribution in [-0.4, -0.2) is 41.1 Å². The van der Waals surface area contributed by atoms with Crippen molar-refractivity contribution < 1.29 is 4.74 Å². The van der Waals surface area contributed by atoms with E-state index in [2.05, 4.69) is 56.8 Å². The van der Waals surface area contributed by atoms with Gasteiger partial charge in [-0.1, -0.05) is 24.3 Å². The van der Waals surface area contributed by atoms with Gasteiger partial charge in [-0.3, -0.25) is 4.57 Å². The lowest BCUT2D eigenvalue weighted by atomic mass is 10.1. The Balaban J connectivity index is 1.49. The molecular weight excluding hydrogens is 314 g/mol. The van der Waals surface area contributed by atoms with E-state index < -0.39 is 0 Å². The highest BCUT2D eigenvalue weighted by molar-refractivity contribution is 5.57. The van der Waals surface area contributed by atoms with Crippen LogP contribution in [0.1, 0.15) is 5.56 Å². The molecule has 1 aliphatic rings. The topological polar surface area (TPSA) is 55.2 Å². The predicted octanol–water partition coefficient (Wildman–Crippen LogP) is 2.72. The summed E-state index contributed by atoms with van der Waals surface area (Å²) in [5.74, 6) is 0. The minimum absolute atomic E-state index is 0.777. The van der Waals surface area contributed by atoms with E-state index in [-0.39, 0.29) is 0 Å². The Hall–Kier alpha value is -2.86. The first kappa shape index (κ1) is 15.7. The van der Waals surface area contributed by atoms with Gasteiger partial charge in [-0.25, -0.2) is 0 Å². The molecule has 1 N–H and O–H groups in total. The number of benzene rings is 2. The number of aromatic nitrogens is 3. The molecule has 1 aromatic heterocycles. The number of nitrogens with one attached hydrogen (secondary N) is 1. The lowest BCUT2D eigenvalue weighted by Crippen LogP contribution is -2.36. The molecule has 4 rings (SSSR count). The zero-order valence-electron chi connectivity index (χ0n) is 14.0. The van der Waals surface area contributed by atoms with Crippen LogP contribution in [0.5, 0.6) is 0 Å². The van der Waals surface area contributed by atoms with E-state index in [9.17, 15) is 0 Å². The van der Waals surface area contributed by atoms with E-state index in [1.54, 1.807) is 12.7 Å². The number of para-hydroxylation sites is 1. The Kier molecular flexibility index (Phi) is 4.61. The Morgan fingerprint density at radius 1 is 0.960 bits per heavy atom. The highest BCUT2D eigenvalue weighted by atomic mass is 16.5. The van der Waals surface area contributed by atoms with Gasteiger partial charge in [0.2, 0.25) is 0 Å². The van der Waals surface area contributed by atoms with Crippen LogP contribution in [0.15, 0.2) is 61.2 Å². The second-order valence-corrected chi connectivity index (χ2v) is 6.00. The molecule has 0 amide bonds. The molecule has 1 fully saturated rings. The third kappa shape index (κ3) is 3.64. The van der Waals surface area contributed by atoms with E-state index in [4.69, 9.17) is 4.74 Å². The first-order valence-corrected chi connectivity index (χ1v) is 8.50. The molecule has 0 aliphatic carbocycles. The lowest BCUT2D eigenvalue weighted by Gasteiger charge is -2.30. The molecule has 2 aromatic carbocycles. The van der Waals surface area contributed by atoms with Crippen LogP contribution in [0.3, 0.4) is 0 Å². The fraction of sp³-hybridized carbons (Fsp3) is 0.263. The molecule has 6 nitrogen and oxygen atoms in total. The number of ether oxygens (including phenoxy) is 1. The van der Waals surface area contributed by atoms with Crippen LogP contribution in [0.4, 0.5) is 11.4 Å². The summed E-state index contributed by atoms with van der Waals surface area (Å²) in [6.07, 6.45) is 3.40. The third-order valence-corrected chi connectivity index (χ3v) is 4.39. The zero-order valence-corrected chi connectivity index (χ0v) is 14.0. The van der Waals surface area contributed by atoms with Crippen LogP contribution in [0, 0.1) is 0 Å². The average molecular weight is 335 g/mol. The quantitative estimate of drug-likeness (QED) is 0.777. The highest BCUT2D eigenvalue weighted by Gasteiger charge is 2.14. The largest absolute Gasteiger partial charge is 0.381 e. The summed E-state index contributed by atoms with van der Waals surface area (Å²) in [7, 11) is 0. The normalized spacial score (nSPS) is 14.5.